The van der Waals surface area contributed by atoms with Crippen molar-refractivity contribution in [1.82, 2.24) is 20.0 Å². The number of carbonyl (C=O) groups is 2. The van der Waals surface area contributed by atoms with E-state index >= 15 is 0 Å². The maximum absolute atomic E-state index is 13.4. The molecule has 9 heteroatoms. The number of urea groups is 1. The molecular weight excluding hydrogens is 424 g/mol. The fourth-order valence-electron chi connectivity index (χ4n) is 4.62. The van der Waals surface area contributed by atoms with Crippen molar-refractivity contribution >= 4 is 23.7 Å². The van der Waals surface area contributed by atoms with E-state index in [4.69, 9.17) is 5.73 Å². The summed E-state index contributed by atoms with van der Waals surface area (Å²) >= 11 is 1.51. The lowest BCUT2D eigenvalue weighted by molar-refractivity contribution is -0.135. The normalized spacial score (nSPS) is 24.8. The number of hydrogen-bond donors (Lipinski definition) is 2. The lowest BCUT2D eigenvalue weighted by Crippen LogP contribution is -2.54. The number of carbonyl (C=O) groups excluding carboxylic acids is 2. The number of hydrogen-bond acceptors (Lipinski definition) is 7. The highest BCUT2D eigenvalue weighted by Gasteiger charge is 2.40. The van der Waals surface area contributed by atoms with E-state index in [9.17, 15) is 14.9 Å². The van der Waals surface area contributed by atoms with Crippen molar-refractivity contribution in [3.05, 3.63) is 22.8 Å². The predicted octanol–water partition coefficient (Wildman–Crippen LogP) is 2.21. The van der Waals surface area contributed by atoms with Crippen molar-refractivity contribution in [2.45, 2.75) is 38.6 Å². The molecule has 0 bridgehead atoms. The van der Waals surface area contributed by atoms with Gasteiger partial charge >= 0.3 is 6.03 Å². The minimum absolute atomic E-state index is 0.116. The lowest BCUT2D eigenvalue weighted by Gasteiger charge is -2.43. The zero-order chi connectivity index (χ0) is 23.8. The van der Waals surface area contributed by atoms with Crippen LogP contribution in [0.2, 0.25) is 0 Å². The molecule has 3 N–H and O–H groups in total. The standard InChI is InChI=1S/C23H38N6O2S/c1-6-9-29(23(31)26-8-10-27(3)4)22(30)18-13-17-12-16(2)19(14-24)21(25)32-11-7-20(17)28(5)15-18/h17-18,20H,2,6-13,15,25H2,1,3-5H3,(H,26,31)/t17-,18+,20+/m0/s1. The zero-order valence-corrected chi connectivity index (χ0v) is 20.7. The molecule has 0 aromatic rings. The predicted molar refractivity (Wildman–Crippen MR) is 130 cm³/mol. The average molecular weight is 463 g/mol. The minimum Gasteiger partial charge on any atom is -0.392 e. The molecule has 32 heavy (non-hydrogen) atoms. The Morgan fingerprint density at radius 3 is 2.72 bits per heavy atom. The first kappa shape index (κ1) is 26.2. The lowest BCUT2D eigenvalue weighted by atomic mass is 9.77. The van der Waals surface area contributed by atoms with Gasteiger partial charge in [0.2, 0.25) is 5.91 Å². The number of thioether (sulfide) groups is 1. The van der Waals surface area contributed by atoms with E-state index in [-0.39, 0.29) is 23.8 Å². The number of rotatable bonds is 6. The second kappa shape index (κ2) is 12.3. The Morgan fingerprint density at radius 2 is 2.09 bits per heavy atom. The monoisotopic (exact) mass is 462 g/mol. The van der Waals surface area contributed by atoms with E-state index in [0.717, 1.165) is 17.7 Å². The van der Waals surface area contributed by atoms with Crippen LogP contribution in [0, 0.1) is 23.2 Å². The SMILES string of the molecule is C=C1C[C@H]2C[C@@H](C(=O)N(CCC)C(=O)NCCN(C)C)CN(C)[C@@H]2CCSC(N)=C1C#N. The van der Waals surface area contributed by atoms with Crippen molar-refractivity contribution in [1.29, 1.82) is 5.26 Å². The third-order valence-corrected chi connectivity index (χ3v) is 7.20. The molecule has 0 saturated carbocycles. The van der Waals surface area contributed by atoms with Crippen LogP contribution in [0.5, 0.6) is 0 Å². The van der Waals surface area contributed by atoms with Crippen LogP contribution in [0.4, 0.5) is 4.79 Å². The molecule has 0 aromatic carbocycles. The summed E-state index contributed by atoms with van der Waals surface area (Å²) in [6.45, 7) is 8.34. The number of likely N-dealkylation sites (N-methyl/N-ethyl adjacent to an activating group) is 1. The van der Waals surface area contributed by atoms with Crippen LogP contribution in [-0.2, 0) is 4.79 Å². The third-order valence-electron chi connectivity index (χ3n) is 6.24. The number of nitriles is 1. The number of imide groups is 1. The first-order valence-corrected chi connectivity index (χ1v) is 12.3. The molecule has 0 radical (unpaired) electrons. The van der Waals surface area contributed by atoms with Crippen molar-refractivity contribution < 1.29 is 9.59 Å². The molecule has 0 spiro atoms. The molecule has 178 valence electrons. The van der Waals surface area contributed by atoms with Gasteiger partial charge in [0.25, 0.3) is 0 Å². The molecule has 2 aliphatic heterocycles. The Kier molecular flexibility index (Phi) is 10.1. The number of nitrogens with one attached hydrogen (secondary N) is 1. The number of nitrogens with two attached hydrogens (primary N) is 1. The van der Waals surface area contributed by atoms with Crippen LogP contribution in [0.3, 0.4) is 0 Å². The summed E-state index contributed by atoms with van der Waals surface area (Å²) in [7, 11) is 5.94. The van der Waals surface area contributed by atoms with Crippen LogP contribution < -0.4 is 11.1 Å². The van der Waals surface area contributed by atoms with Crippen LogP contribution in [0.15, 0.2) is 22.8 Å². The number of allylic oxidation sites excluding steroid dienone is 2. The maximum Gasteiger partial charge on any atom is 0.324 e. The molecule has 2 aliphatic rings. The summed E-state index contributed by atoms with van der Waals surface area (Å²) in [5, 5.41) is 13.0. The van der Waals surface area contributed by atoms with Gasteiger partial charge in [-0.05, 0) is 58.3 Å². The molecule has 0 aliphatic carbocycles. The topological polar surface area (TPSA) is 106 Å². The molecule has 8 nitrogen and oxygen atoms in total. The van der Waals surface area contributed by atoms with Gasteiger partial charge in [-0.15, -0.1) is 11.8 Å². The van der Waals surface area contributed by atoms with Gasteiger partial charge in [0.15, 0.2) is 0 Å². The van der Waals surface area contributed by atoms with Gasteiger partial charge in [-0.2, -0.15) is 5.26 Å². The van der Waals surface area contributed by atoms with E-state index in [1.807, 2.05) is 33.0 Å². The molecule has 3 atom stereocenters. The number of amides is 3. The summed E-state index contributed by atoms with van der Waals surface area (Å²) in [6, 6.07) is 2.18. The Balaban J connectivity index is 2.16. The van der Waals surface area contributed by atoms with Crippen LogP contribution in [0.1, 0.15) is 32.6 Å². The van der Waals surface area contributed by atoms with E-state index in [0.29, 0.717) is 62.1 Å². The first-order valence-electron chi connectivity index (χ1n) is 11.3. The van der Waals surface area contributed by atoms with Crippen molar-refractivity contribution in [2.24, 2.45) is 17.6 Å². The van der Waals surface area contributed by atoms with Crippen LogP contribution in [-0.4, -0.2) is 85.8 Å². The Labute approximate surface area is 196 Å². The van der Waals surface area contributed by atoms with Gasteiger partial charge in [0, 0.05) is 38.0 Å². The fraction of sp³-hybridized carbons (Fsp3) is 0.696. The summed E-state index contributed by atoms with van der Waals surface area (Å²) in [5.74, 6) is 0.630. The number of piperidine rings is 1. The van der Waals surface area contributed by atoms with Gasteiger partial charge in [-0.1, -0.05) is 13.5 Å². The molecule has 2 heterocycles. The van der Waals surface area contributed by atoms with Crippen LogP contribution in [0.25, 0.3) is 0 Å². The molecule has 1 saturated heterocycles. The number of likely N-dealkylation sites (tertiary alicyclic amines) is 1. The summed E-state index contributed by atoms with van der Waals surface area (Å²) in [4.78, 5) is 31.8. The van der Waals surface area contributed by atoms with E-state index in [1.165, 1.54) is 16.7 Å². The average Bonchev–Trinajstić information content (AvgIpc) is 2.78. The molecule has 2 rings (SSSR count). The van der Waals surface area contributed by atoms with Crippen molar-refractivity contribution in [3.63, 3.8) is 0 Å². The molecular formula is C23H38N6O2S. The Hall–Kier alpha value is -2.02. The van der Waals surface area contributed by atoms with Gasteiger partial charge in [0.1, 0.15) is 6.07 Å². The zero-order valence-electron chi connectivity index (χ0n) is 19.9. The van der Waals surface area contributed by atoms with Gasteiger partial charge in [-0.3, -0.25) is 9.69 Å². The smallest absolute Gasteiger partial charge is 0.324 e. The highest BCUT2D eigenvalue weighted by atomic mass is 32.2. The van der Waals surface area contributed by atoms with Gasteiger partial charge in [-0.25, -0.2) is 4.79 Å². The number of fused-ring (bicyclic) bond motifs is 1. The first-order chi connectivity index (χ1) is 15.2. The van der Waals surface area contributed by atoms with E-state index in [1.54, 1.807) is 0 Å². The summed E-state index contributed by atoms with van der Waals surface area (Å²) < 4.78 is 0. The number of nitrogens with zero attached hydrogens (tertiary/aromatic N) is 4. The minimum atomic E-state index is -0.318. The second-order valence-electron chi connectivity index (χ2n) is 9.02. The van der Waals surface area contributed by atoms with Gasteiger partial charge < -0.3 is 20.9 Å². The largest absolute Gasteiger partial charge is 0.392 e. The highest BCUT2D eigenvalue weighted by Crippen LogP contribution is 2.38. The van der Waals surface area contributed by atoms with Gasteiger partial charge in [0.05, 0.1) is 16.5 Å². The molecule has 0 unspecified atom stereocenters. The van der Waals surface area contributed by atoms with Crippen molar-refractivity contribution in [2.75, 3.05) is 53.1 Å². The fourth-order valence-corrected chi connectivity index (χ4v) is 5.53. The third kappa shape index (κ3) is 6.74. The molecule has 0 aromatic heterocycles. The Bertz CT molecular complexity index is 775. The summed E-state index contributed by atoms with van der Waals surface area (Å²) in [6.07, 6.45) is 2.96. The summed E-state index contributed by atoms with van der Waals surface area (Å²) in [5.41, 5.74) is 7.33. The van der Waals surface area contributed by atoms with E-state index < -0.39 is 0 Å². The highest BCUT2D eigenvalue weighted by molar-refractivity contribution is 8.03. The maximum atomic E-state index is 13.4. The Morgan fingerprint density at radius 1 is 1.38 bits per heavy atom. The molecule has 1 fully saturated rings. The molecule has 3 amide bonds. The van der Waals surface area contributed by atoms with Crippen LogP contribution >= 0.6 is 11.8 Å². The second-order valence-corrected chi connectivity index (χ2v) is 10.2. The quantitative estimate of drug-likeness (QED) is 0.623. The van der Waals surface area contributed by atoms with Crippen molar-refractivity contribution in [3.8, 4) is 6.07 Å². The van der Waals surface area contributed by atoms with E-state index in [2.05, 4.69) is 22.9 Å².